The maximum Gasteiger partial charge on any atom is 0.470 e. The first-order chi connectivity index (χ1) is 23.9. The Bertz CT molecular complexity index is 1890. The zero-order chi connectivity index (χ0) is 37.2. The van der Waals surface area contributed by atoms with Gasteiger partial charge in [-0.05, 0) is 60.9 Å². The highest BCUT2D eigenvalue weighted by molar-refractivity contribution is 7.46. The van der Waals surface area contributed by atoms with Gasteiger partial charge in [0.05, 0.1) is 29.7 Å². The Labute approximate surface area is 296 Å². The summed E-state index contributed by atoms with van der Waals surface area (Å²) in [6, 6.07) is 8.84. The van der Waals surface area contributed by atoms with Gasteiger partial charge in [-0.3, -0.25) is 18.9 Å². The van der Waals surface area contributed by atoms with E-state index in [1.807, 2.05) is 59.7 Å². The van der Waals surface area contributed by atoms with Gasteiger partial charge in [-0.1, -0.05) is 47.6 Å². The number of nitrogens with one attached hydrogen (secondary N) is 2. The van der Waals surface area contributed by atoms with Crippen LogP contribution in [-0.4, -0.2) is 71.7 Å². The lowest BCUT2D eigenvalue weighted by Crippen LogP contribution is -2.65. The highest BCUT2D eigenvalue weighted by atomic mass is 31.2. The van der Waals surface area contributed by atoms with Crippen LogP contribution >= 0.6 is 7.82 Å². The zero-order valence-electron chi connectivity index (χ0n) is 29.7. The number of nitrogens with zero attached hydrogens (tertiary/aromatic N) is 5. The molecular formula is C35H46F2N7O6P. The van der Waals surface area contributed by atoms with Gasteiger partial charge in [0.25, 0.3) is 0 Å². The first kappa shape index (κ1) is 38.2. The maximum absolute atomic E-state index is 13.9. The monoisotopic (exact) mass is 729 g/mol. The van der Waals surface area contributed by atoms with Crippen LogP contribution in [0.1, 0.15) is 60.8 Å². The molecule has 0 aliphatic carbocycles. The van der Waals surface area contributed by atoms with E-state index in [1.165, 1.54) is 29.3 Å². The standard InChI is InChI=1S/C35H46F2N7O6P/c1-33(2,3)35(34(4,5)6,50-51(46,47)48)29-12-8-15-43(29)16-9-17-49-24-13-14-25-28(18-24)38-22-39-32(25)41-23-19-40-44(20-23)21-30(45)42-27-11-7-10-26(36)31(27)37/h7,10-11,13-14,18-20,22,29H,8-9,12,15-17,21H2,1-6H3,(H,42,45)(H,38,39,41)(H2,46,47,48)/t29-/m0/s1. The van der Waals surface area contributed by atoms with Gasteiger partial charge in [0.15, 0.2) is 11.6 Å². The number of carbonyl (C=O) groups excluding carboxylic acids is 1. The summed E-state index contributed by atoms with van der Waals surface area (Å²) in [6.07, 6.45) is 6.87. The van der Waals surface area contributed by atoms with Gasteiger partial charge in [0.1, 0.15) is 30.0 Å². The molecular weight excluding hydrogens is 683 g/mol. The lowest BCUT2D eigenvalue weighted by molar-refractivity contribution is -0.168. The van der Waals surface area contributed by atoms with E-state index in [-0.39, 0.29) is 18.3 Å². The quantitative estimate of drug-likeness (QED) is 0.0860. The zero-order valence-corrected chi connectivity index (χ0v) is 30.6. The first-order valence-electron chi connectivity index (χ1n) is 16.8. The van der Waals surface area contributed by atoms with Crippen molar-refractivity contribution in [2.75, 3.05) is 30.3 Å². The largest absolute Gasteiger partial charge is 0.493 e. The molecule has 4 aromatic rings. The van der Waals surface area contributed by atoms with Crippen molar-refractivity contribution in [1.82, 2.24) is 24.6 Å². The molecule has 0 spiro atoms. The molecule has 16 heteroatoms. The van der Waals surface area contributed by atoms with Crippen molar-refractivity contribution in [2.45, 2.75) is 79.0 Å². The molecule has 2 aromatic heterocycles. The Morgan fingerprint density at radius 1 is 1.08 bits per heavy atom. The van der Waals surface area contributed by atoms with E-state index in [2.05, 4.69) is 30.6 Å². The molecule has 13 nitrogen and oxygen atoms in total. The predicted octanol–water partition coefficient (Wildman–Crippen LogP) is 6.66. The summed E-state index contributed by atoms with van der Waals surface area (Å²) >= 11 is 0. The molecule has 1 atom stereocenters. The van der Waals surface area contributed by atoms with Crippen LogP contribution < -0.4 is 15.4 Å². The molecule has 1 saturated heterocycles. The van der Waals surface area contributed by atoms with E-state index < -0.39 is 41.8 Å². The number of hydrogen-bond donors (Lipinski definition) is 4. The molecule has 5 rings (SSSR count). The van der Waals surface area contributed by atoms with Crippen molar-refractivity contribution in [3.63, 3.8) is 0 Å². The summed E-state index contributed by atoms with van der Waals surface area (Å²) in [7, 11) is -4.80. The molecule has 276 valence electrons. The normalized spacial score (nSPS) is 16.1. The van der Waals surface area contributed by atoms with E-state index in [4.69, 9.17) is 9.26 Å². The van der Waals surface area contributed by atoms with Gasteiger partial charge in [-0.15, -0.1) is 0 Å². The fraction of sp³-hybridized carbons (Fsp3) is 0.486. The van der Waals surface area contributed by atoms with Crippen molar-refractivity contribution in [3.8, 4) is 5.75 Å². The minimum atomic E-state index is -4.80. The topological polar surface area (TPSA) is 164 Å². The number of hydrogen-bond acceptors (Lipinski definition) is 9. The van der Waals surface area contributed by atoms with E-state index in [9.17, 15) is 27.9 Å². The highest BCUT2D eigenvalue weighted by Crippen LogP contribution is 2.59. The lowest BCUT2D eigenvalue weighted by atomic mass is 9.58. The molecule has 3 heterocycles. The lowest BCUT2D eigenvalue weighted by Gasteiger charge is -2.57. The second-order valence-corrected chi connectivity index (χ2v) is 16.0. The number of phosphoric ester groups is 1. The second-order valence-electron chi connectivity index (χ2n) is 14.8. The number of carbonyl (C=O) groups is 1. The molecule has 51 heavy (non-hydrogen) atoms. The number of halogens is 2. The molecule has 0 bridgehead atoms. The molecule has 4 N–H and O–H groups in total. The van der Waals surface area contributed by atoms with E-state index in [0.29, 0.717) is 42.3 Å². The number of anilines is 3. The molecule has 1 aliphatic heterocycles. The Balaban J connectivity index is 1.19. The molecule has 1 amide bonds. The van der Waals surface area contributed by atoms with Gasteiger partial charge >= 0.3 is 7.82 Å². The molecule has 0 saturated carbocycles. The third kappa shape index (κ3) is 8.73. The summed E-state index contributed by atoms with van der Waals surface area (Å²) in [5.41, 5.74) is -1.31. The minimum absolute atomic E-state index is 0.192. The van der Waals surface area contributed by atoms with Crippen molar-refractivity contribution in [1.29, 1.82) is 0 Å². The number of benzene rings is 2. The Kier molecular flexibility index (Phi) is 11.2. The minimum Gasteiger partial charge on any atom is -0.493 e. The van der Waals surface area contributed by atoms with E-state index >= 15 is 0 Å². The van der Waals surface area contributed by atoms with Crippen molar-refractivity contribution in [3.05, 3.63) is 66.8 Å². The summed E-state index contributed by atoms with van der Waals surface area (Å²) in [5.74, 6) is -1.63. The van der Waals surface area contributed by atoms with Gasteiger partial charge in [0.2, 0.25) is 5.91 Å². The summed E-state index contributed by atoms with van der Waals surface area (Å²) in [6.45, 7) is 13.5. The summed E-state index contributed by atoms with van der Waals surface area (Å²) in [4.78, 5) is 43.5. The van der Waals surface area contributed by atoms with E-state index in [0.717, 1.165) is 30.8 Å². The molecule has 1 aliphatic rings. The summed E-state index contributed by atoms with van der Waals surface area (Å²) < 4.78 is 53.0. The number of aromatic nitrogens is 4. The van der Waals surface area contributed by atoms with E-state index in [1.54, 1.807) is 6.20 Å². The first-order valence-corrected chi connectivity index (χ1v) is 18.3. The van der Waals surface area contributed by atoms with Crippen LogP contribution in [-0.2, 0) is 20.4 Å². The van der Waals surface area contributed by atoms with Crippen LogP contribution in [0.25, 0.3) is 10.9 Å². The van der Waals surface area contributed by atoms with Crippen molar-refractivity contribution >= 4 is 41.8 Å². The smallest absolute Gasteiger partial charge is 0.470 e. The number of amides is 1. The fourth-order valence-electron chi connectivity index (χ4n) is 7.47. The predicted molar refractivity (Wildman–Crippen MR) is 190 cm³/mol. The number of likely N-dealkylation sites (tertiary alicyclic amines) is 1. The molecule has 1 fully saturated rings. The van der Waals surface area contributed by atoms with Crippen molar-refractivity contribution < 1.29 is 37.2 Å². The Morgan fingerprint density at radius 3 is 2.53 bits per heavy atom. The van der Waals surface area contributed by atoms with Crippen LogP contribution in [0.2, 0.25) is 0 Å². The third-order valence-electron chi connectivity index (χ3n) is 9.22. The second kappa shape index (κ2) is 14.9. The average Bonchev–Trinajstić information content (AvgIpc) is 3.68. The van der Waals surface area contributed by atoms with Crippen LogP contribution in [0.4, 0.5) is 26.0 Å². The van der Waals surface area contributed by atoms with Crippen LogP contribution in [0.15, 0.2) is 55.1 Å². The highest BCUT2D eigenvalue weighted by Gasteiger charge is 2.61. The molecule has 0 unspecified atom stereocenters. The maximum atomic E-state index is 13.9. The van der Waals surface area contributed by atoms with Crippen molar-refractivity contribution in [2.24, 2.45) is 10.8 Å². The fourth-order valence-corrected chi connectivity index (χ4v) is 8.52. The number of fused-ring (bicyclic) bond motifs is 1. The molecule has 2 aromatic carbocycles. The number of phosphoric acid groups is 1. The van der Waals surface area contributed by atoms with Crippen LogP contribution in [0.3, 0.4) is 0 Å². The summed E-state index contributed by atoms with van der Waals surface area (Å²) in [5, 5.41) is 10.4. The van der Waals surface area contributed by atoms with Crippen LogP contribution in [0, 0.1) is 22.5 Å². The van der Waals surface area contributed by atoms with Crippen LogP contribution in [0.5, 0.6) is 5.75 Å². The third-order valence-corrected chi connectivity index (χ3v) is 9.74. The molecule has 0 radical (unpaired) electrons. The van der Waals surface area contributed by atoms with Gasteiger partial charge in [-0.25, -0.2) is 23.3 Å². The van der Waals surface area contributed by atoms with Gasteiger partial charge < -0.3 is 25.2 Å². The van der Waals surface area contributed by atoms with Gasteiger partial charge in [-0.2, -0.15) is 5.10 Å². The SMILES string of the molecule is CC(C)(C)C(OP(=O)(O)O)([C@@H]1CCCN1CCCOc1ccc2c(Nc3cnn(CC(=O)Nc4cccc(F)c4F)c3)ncnc2c1)C(C)(C)C. The van der Waals surface area contributed by atoms with Gasteiger partial charge in [0, 0.05) is 30.2 Å². The average molecular weight is 730 g/mol. The Hall–Kier alpha value is -4.01. The number of ether oxygens (including phenoxy) is 1. The number of rotatable bonds is 13. The Morgan fingerprint density at radius 2 is 1.82 bits per heavy atom.